The molecule has 1 unspecified atom stereocenters. The van der Waals surface area contributed by atoms with Crippen LogP contribution < -0.4 is 16.6 Å². The summed E-state index contributed by atoms with van der Waals surface area (Å²) >= 11 is 5.96. The Balaban J connectivity index is 1.91. The third kappa shape index (κ3) is 4.69. The van der Waals surface area contributed by atoms with Gasteiger partial charge in [0.05, 0.1) is 17.8 Å². The zero-order valence-corrected chi connectivity index (χ0v) is 16.9. The molecule has 0 spiro atoms. The molecule has 3 aromatic rings. The first kappa shape index (κ1) is 21.1. The summed E-state index contributed by atoms with van der Waals surface area (Å²) in [6.45, 7) is 0. The van der Waals surface area contributed by atoms with Gasteiger partial charge in [0, 0.05) is 18.2 Å². The number of anilines is 2. The van der Waals surface area contributed by atoms with Crippen LogP contribution in [0.1, 0.15) is 22.0 Å². The number of methoxy groups -OCH3 is 1. The summed E-state index contributed by atoms with van der Waals surface area (Å²) in [7, 11) is 1.27. The maximum Gasteiger partial charge on any atom is 0.329 e. The quantitative estimate of drug-likeness (QED) is 0.466. The van der Waals surface area contributed by atoms with Crippen molar-refractivity contribution in [2.75, 3.05) is 18.2 Å². The number of carbonyl (C=O) groups is 2. The summed E-state index contributed by atoms with van der Waals surface area (Å²) in [6, 6.07) is 15.9. The molecule has 8 heteroatoms. The number of nitrogens with zero attached hydrogens (tertiary/aromatic N) is 1. The maximum absolute atomic E-state index is 13.0. The van der Waals surface area contributed by atoms with Crippen molar-refractivity contribution in [2.24, 2.45) is 0 Å². The highest BCUT2D eigenvalue weighted by molar-refractivity contribution is 6.33. The average molecular weight is 426 g/mol. The number of hydrogen-bond acceptors (Lipinski definition) is 5. The van der Waals surface area contributed by atoms with E-state index in [4.69, 9.17) is 22.1 Å². The van der Waals surface area contributed by atoms with E-state index in [9.17, 15) is 14.4 Å². The number of aromatic nitrogens is 1. The first-order chi connectivity index (χ1) is 14.4. The molecular weight excluding hydrogens is 406 g/mol. The van der Waals surface area contributed by atoms with Crippen LogP contribution in [0.2, 0.25) is 5.02 Å². The monoisotopic (exact) mass is 425 g/mol. The minimum absolute atomic E-state index is 0.0254. The fourth-order valence-electron chi connectivity index (χ4n) is 2.98. The lowest BCUT2D eigenvalue weighted by Crippen LogP contribution is -2.33. The van der Waals surface area contributed by atoms with Crippen LogP contribution in [-0.2, 0) is 16.0 Å². The van der Waals surface area contributed by atoms with Crippen LogP contribution in [0.15, 0.2) is 71.7 Å². The molecule has 1 heterocycles. The number of nitrogen functional groups attached to an aromatic ring is 1. The van der Waals surface area contributed by atoms with E-state index >= 15 is 0 Å². The molecule has 154 valence electrons. The molecule has 0 aliphatic rings. The first-order valence-electron chi connectivity index (χ1n) is 9.10. The highest BCUT2D eigenvalue weighted by atomic mass is 35.5. The van der Waals surface area contributed by atoms with Gasteiger partial charge in [0.15, 0.2) is 0 Å². The van der Waals surface area contributed by atoms with E-state index in [0.717, 1.165) is 5.56 Å². The van der Waals surface area contributed by atoms with E-state index in [1.54, 1.807) is 6.07 Å². The molecule has 30 heavy (non-hydrogen) atoms. The highest BCUT2D eigenvalue weighted by Gasteiger charge is 2.24. The molecule has 1 aromatic heterocycles. The van der Waals surface area contributed by atoms with Gasteiger partial charge in [-0.25, -0.2) is 4.79 Å². The van der Waals surface area contributed by atoms with Gasteiger partial charge in [-0.05, 0) is 35.9 Å². The van der Waals surface area contributed by atoms with Crippen molar-refractivity contribution < 1.29 is 14.3 Å². The summed E-state index contributed by atoms with van der Waals surface area (Å²) < 4.78 is 6.15. The molecule has 0 radical (unpaired) electrons. The number of amides is 1. The van der Waals surface area contributed by atoms with Gasteiger partial charge >= 0.3 is 5.97 Å². The van der Waals surface area contributed by atoms with Crippen molar-refractivity contribution in [2.45, 2.75) is 12.5 Å². The molecule has 2 aromatic carbocycles. The van der Waals surface area contributed by atoms with Crippen molar-refractivity contribution in [3.63, 3.8) is 0 Å². The van der Waals surface area contributed by atoms with E-state index in [0.29, 0.717) is 5.69 Å². The number of pyridine rings is 1. The molecule has 0 aliphatic carbocycles. The lowest BCUT2D eigenvalue weighted by molar-refractivity contribution is -0.144. The van der Waals surface area contributed by atoms with E-state index in [1.165, 1.54) is 42.1 Å². The number of rotatable bonds is 6. The molecular formula is C22H20ClN3O4. The van der Waals surface area contributed by atoms with E-state index in [-0.39, 0.29) is 22.7 Å². The van der Waals surface area contributed by atoms with Gasteiger partial charge in [-0.1, -0.05) is 41.9 Å². The number of hydrogen-bond donors (Lipinski definition) is 2. The van der Waals surface area contributed by atoms with Crippen LogP contribution in [-0.4, -0.2) is 23.6 Å². The van der Waals surface area contributed by atoms with Crippen LogP contribution >= 0.6 is 11.6 Å². The van der Waals surface area contributed by atoms with Gasteiger partial charge in [-0.2, -0.15) is 0 Å². The highest BCUT2D eigenvalue weighted by Crippen LogP contribution is 2.20. The summed E-state index contributed by atoms with van der Waals surface area (Å²) in [5, 5.41) is 2.80. The number of benzene rings is 2. The number of halogens is 1. The smallest absolute Gasteiger partial charge is 0.329 e. The molecule has 0 bridgehead atoms. The topological polar surface area (TPSA) is 103 Å². The minimum Gasteiger partial charge on any atom is -0.467 e. The van der Waals surface area contributed by atoms with Crippen LogP contribution in [0.5, 0.6) is 0 Å². The predicted octanol–water partition coefficient (Wildman–Crippen LogP) is 3.29. The Labute approximate surface area is 178 Å². The van der Waals surface area contributed by atoms with Crippen molar-refractivity contribution in [3.05, 3.63) is 93.4 Å². The molecule has 3 N–H and O–H groups in total. The Hall–Kier alpha value is -3.58. The summed E-state index contributed by atoms with van der Waals surface area (Å²) in [5.41, 5.74) is 6.62. The summed E-state index contributed by atoms with van der Waals surface area (Å²) in [4.78, 5) is 37.9. The molecule has 7 nitrogen and oxygen atoms in total. The second kappa shape index (κ2) is 9.28. The molecule has 0 saturated heterocycles. The van der Waals surface area contributed by atoms with Crippen molar-refractivity contribution in [1.29, 1.82) is 0 Å². The summed E-state index contributed by atoms with van der Waals surface area (Å²) in [5.74, 6) is -1.08. The Bertz CT molecular complexity index is 1130. The lowest BCUT2D eigenvalue weighted by Gasteiger charge is -2.18. The van der Waals surface area contributed by atoms with E-state index in [1.807, 2.05) is 30.3 Å². The fraction of sp³-hybridized carbons (Fsp3) is 0.136. The predicted molar refractivity (Wildman–Crippen MR) is 116 cm³/mol. The minimum atomic E-state index is -0.882. The molecule has 0 saturated carbocycles. The first-order valence-corrected chi connectivity index (χ1v) is 9.47. The lowest BCUT2D eigenvalue weighted by atomic mass is 10.1. The van der Waals surface area contributed by atoms with Gasteiger partial charge in [-0.3, -0.25) is 14.2 Å². The largest absolute Gasteiger partial charge is 0.467 e. The number of ether oxygens (including phenoxy) is 1. The molecule has 3 rings (SSSR count). The van der Waals surface area contributed by atoms with Crippen LogP contribution in [0.4, 0.5) is 11.4 Å². The van der Waals surface area contributed by atoms with Gasteiger partial charge in [0.1, 0.15) is 11.7 Å². The summed E-state index contributed by atoms with van der Waals surface area (Å²) in [6.07, 6.45) is 1.75. The SMILES string of the molecule is COC(=O)C(Cc1ccccc1)n1cccc(NC(=O)c2ccc(N)c(Cl)c2)c1=O. The Morgan fingerprint density at radius 1 is 1.13 bits per heavy atom. The third-order valence-electron chi connectivity index (χ3n) is 4.57. The second-order valence-electron chi connectivity index (χ2n) is 6.55. The number of esters is 1. The second-order valence-corrected chi connectivity index (χ2v) is 6.96. The number of carbonyl (C=O) groups excluding carboxylic acids is 2. The van der Waals surface area contributed by atoms with Crippen LogP contribution in [0, 0.1) is 0 Å². The van der Waals surface area contributed by atoms with Gasteiger partial charge in [-0.15, -0.1) is 0 Å². The van der Waals surface area contributed by atoms with Gasteiger partial charge < -0.3 is 15.8 Å². The van der Waals surface area contributed by atoms with Crippen molar-refractivity contribution >= 4 is 34.9 Å². The molecule has 1 atom stereocenters. The molecule has 1 amide bonds. The number of nitrogens with two attached hydrogens (primary N) is 1. The third-order valence-corrected chi connectivity index (χ3v) is 4.89. The van der Waals surface area contributed by atoms with E-state index in [2.05, 4.69) is 5.32 Å². The Morgan fingerprint density at radius 3 is 2.53 bits per heavy atom. The zero-order valence-electron chi connectivity index (χ0n) is 16.2. The normalized spacial score (nSPS) is 11.5. The van der Waals surface area contributed by atoms with Gasteiger partial charge in [0.25, 0.3) is 11.5 Å². The van der Waals surface area contributed by atoms with Gasteiger partial charge in [0.2, 0.25) is 0 Å². The Morgan fingerprint density at radius 2 is 1.87 bits per heavy atom. The van der Waals surface area contributed by atoms with Crippen LogP contribution in [0.3, 0.4) is 0 Å². The van der Waals surface area contributed by atoms with Crippen LogP contribution in [0.25, 0.3) is 0 Å². The van der Waals surface area contributed by atoms with E-state index < -0.39 is 23.5 Å². The average Bonchev–Trinajstić information content (AvgIpc) is 2.76. The van der Waals surface area contributed by atoms with Crippen molar-refractivity contribution in [1.82, 2.24) is 4.57 Å². The Kier molecular flexibility index (Phi) is 6.54. The molecule has 0 fully saturated rings. The maximum atomic E-state index is 13.0. The standard InChI is InChI=1S/C22H20ClN3O4/c1-30-22(29)19(12-14-6-3-2-4-7-14)26-11-5-8-18(21(26)28)25-20(27)15-9-10-17(24)16(23)13-15/h2-11,13,19H,12,24H2,1H3,(H,25,27). The van der Waals surface area contributed by atoms with Crippen molar-refractivity contribution in [3.8, 4) is 0 Å². The fourth-order valence-corrected chi connectivity index (χ4v) is 3.16. The molecule has 0 aliphatic heterocycles. The zero-order chi connectivity index (χ0) is 21.7. The number of nitrogens with one attached hydrogen (secondary N) is 1.